The first-order valence-electron chi connectivity index (χ1n) is 6.45. The molecule has 0 aliphatic carbocycles. The van der Waals surface area contributed by atoms with Gasteiger partial charge in [0.05, 0.1) is 0 Å². The van der Waals surface area contributed by atoms with Crippen LogP contribution in [0.5, 0.6) is 0 Å². The Morgan fingerprint density at radius 1 is 1.00 bits per heavy atom. The minimum absolute atomic E-state index is 0.319. The molecule has 0 N–H and O–H groups in total. The van der Waals surface area contributed by atoms with Gasteiger partial charge in [-0.1, -0.05) is 60.1 Å². The third kappa shape index (κ3) is 2.61. The molecule has 3 heteroatoms. The highest BCUT2D eigenvalue weighted by Gasteiger charge is 2.25. The predicted octanol–water partition coefficient (Wildman–Crippen LogP) is 4.41. The van der Waals surface area contributed by atoms with Crippen LogP contribution in [0, 0.1) is 0 Å². The van der Waals surface area contributed by atoms with Crippen LogP contribution >= 0.6 is 11.6 Å². The molecule has 0 aromatic heterocycles. The number of rotatable bonds is 2. The Morgan fingerprint density at radius 2 is 1.70 bits per heavy atom. The van der Waals surface area contributed by atoms with Gasteiger partial charge in [-0.2, -0.15) is 0 Å². The fraction of sp³-hybridized carbons (Fsp3) is 0.118. The molecule has 0 saturated carbocycles. The summed E-state index contributed by atoms with van der Waals surface area (Å²) in [4.78, 5) is 11.8. The maximum atomic E-state index is 11.8. The molecule has 3 rings (SSSR count). The highest BCUT2D eigenvalue weighted by Crippen LogP contribution is 2.36. The first-order chi connectivity index (χ1) is 9.74. The Labute approximate surface area is 122 Å². The molecular formula is C17H13ClO2. The van der Waals surface area contributed by atoms with Crippen molar-refractivity contribution in [2.24, 2.45) is 0 Å². The van der Waals surface area contributed by atoms with Crippen LogP contribution in [0.3, 0.4) is 0 Å². The lowest BCUT2D eigenvalue weighted by atomic mass is 9.94. The molecule has 2 aromatic carbocycles. The lowest BCUT2D eigenvalue weighted by Crippen LogP contribution is -2.16. The number of carbonyl (C=O) groups is 1. The molecule has 0 fully saturated rings. The van der Waals surface area contributed by atoms with Gasteiger partial charge in [-0.25, -0.2) is 4.79 Å². The zero-order chi connectivity index (χ0) is 13.9. The van der Waals surface area contributed by atoms with Crippen LogP contribution in [0.2, 0.25) is 5.02 Å². The van der Waals surface area contributed by atoms with Gasteiger partial charge in [-0.3, -0.25) is 0 Å². The Morgan fingerprint density at radius 3 is 2.45 bits per heavy atom. The topological polar surface area (TPSA) is 26.3 Å². The summed E-state index contributed by atoms with van der Waals surface area (Å²) < 4.78 is 5.41. The van der Waals surface area contributed by atoms with Gasteiger partial charge in [-0.05, 0) is 17.2 Å². The van der Waals surface area contributed by atoms with Gasteiger partial charge < -0.3 is 4.74 Å². The molecule has 0 bridgehead atoms. The highest BCUT2D eigenvalue weighted by atomic mass is 35.5. The second kappa shape index (κ2) is 5.51. The average Bonchev–Trinajstić information content (AvgIpc) is 2.48. The molecule has 0 spiro atoms. The van der Waals surface area contributed by atoms with Gasteiger partial charge in [0.15, 0.2) is 0 Å². The van der Waals surface area contributed by atoms with E-state index < -0.39 is 0 Å². The van der Waals surface area contributed by atoms with E-state index in [1.807, 2.05) is 54.6 Å². The minimum atomic E-state index is -0.323. The Balaban J connectivity index is 1.93. The van der Waals surface area contributed by atoms with E-state index in [1.165, 1.54) is 0 Å². The number of ether oxygens (including phenoxy) is 1. The van der Waals surface area contributed by atoms with Gasteiger partial charge in [0.2, 0.25) is 0 Å². The molecule has 1 atom stereocenters. The van der Waals surface area contributed by atoms with E-state index in [0.717, 1.165) is 16.7 Å². The smallest absolute Gasteiger partial charge is 0.331 e. The molecule has 1 unspecified atom stereocenters. The number of hydrogen-bond donors (Lipinski definition) is 0. The van der Waals surface area contributed by atoms with Gasteiger partial charge in [0.25, 0.3) is 0 Å². The zero-order valence-electron chi connectivity index (χ0n) is 10.8. The first-order valence-corrected chi connectivity index (χ1v) is 6.83. The monoisotopic (exact) mass is 284 g/mol. The van der Waals surface area contributed by atoms with Crippen molar-refractivity contribution in [3.63, 3.8) is 0 Å². The zero-order valence-corrected chi connectivity index (χ0v) is 11.5. The van der Waals surface area contributed by atoms with Crippen LogP contribution < -0.4 is 0 Å². The van der Waals surface area contributed by atoms with Gasteiger partial charge in [0.1, 0.15) is 6.10 Å². The normalized spacial score (nSPS) is 18.4. The molecule has 0 saturated heterocycles. The predicted molar refractivity (Wildman–Crippen MR) is 79.3 cm³/mol. The van der Waals surface area contributed by atoms with Crippen molar-refractivity contribution in [2.45, 2.75) is 12.5 Å². The quantitative estimate of drug-likeness (QED) is 0.764. The summed E-state index contributed by atoms with van der Waals surface area (Å²) in [5, 5.41) is 0.625. The molecule has 0 radical (unpaired) electrons. The fourth-order valence-corrected chi connectivity index (χ4v) is 2.64. The summed E-state index contributed by atoms with van der Waals surface area (Å²) in [7, 11) is 0. The van der Waals surface area contributed by atoms with Gasteiger partial charge in [0, 0.05) is 23.1 Å². The number of esters is 1. The maximum absolute atomic E-state index is 11.8. The third-order valence-electron chi connectivity index (χ3n) is 3.35. The molecule has 2 aromatic rings. The largest absolute Gasteiger partial charge is 0.454 e. The van der Waals surface area contributed by atoms with Crippen LogP contribution in [-0.2, 0) is 9.53 Å². The second-order valence-electron chi connectivity index (χ2n) is 4.69. The Bertz CT molecular complexity index is 662. The van der Waals surface area contributed by atoms with E-state index in [1.54, 1.807) is 6.08 Å². The second-order valence-corrected chi connectivity index (χ2v) is 5.09. The number of halogens is 1. The lowest BCUT2D eigenvalue weighted by molar-refractivity contribution is -0.144. The van der Waals surface area contributed by atoms with E-state index in [4.69, 9.17) is 16.3 Å². The van der Waals surface area contributed by atoms with Crippen LogP contribution in [0.4, 0.5) is 0 Å². The standard InChI is InChI=1S/C17H13ClO2/c18-15-9-5-4-8-14(15)16-10-13(11-17(19)20-16)12-6-2-1-3-7-12/h1-9,11,16H,10H2. The van der Waals surface area contributed by atoms with Crippen molar-refractivity contribution in [3.05, 3.63) is 76.8 Å². The van der Waals surface area contributed by atoms with E-state index in [9.17, 15) is 4.79 Å². The van der Waals surface area contributed by atoms with Crippen LogP contribution in [-0.4, -0.2) is 5.97 Å². The summed E-state index contributed by atoms with van der Waals surface area (Å²) in [6.45, 7) is 0. The fourth-order valence-electron chi connectivity index (χ4n) is 2.38. The van der Waals surface area contributed by atoms with Crippen LogP contribution in [0.1, 0.15) is 23.7 Å². The minimum Gasteiger partial charge on any atom is -0.454 e. The van der Waals surface area contributed by atoms with E-state index in [-0.39, 0.29) is 12.1 Å². The van der Waals surface area contributed by atoms with E-state index in [0.29, 0.717) is 11.4 Å². The highest BCUT2D eigenvalue weighted by molar-refractivity contribution is 6.31. The molecular weight excluding hydrogens is 272 g/mol. The van der Waals surface area contributed by atoms with Crippen molar-refractivity contribution < 1.29 is 9.53 Å². The van der Waals surface area contributed by atoms with Crippen molar-refractivity contribution in [1.29, 1.82) is 0 Å². The molecule has 1 aliphatic heterocycles. The van der Waals surface area contributed by atoms with E-state index in [2.05, 4.69) is 0 Å². The van der Waals surface area contributed by atoms with Crippen LogP contribution in [0.25, 0.3) is 5.57 Å². The SMILES string of the molecule is O=C1C=C(c2ccccc2)CC(c2ccccc2Cl)O1. The number of cyclic esters (lactones) is 1. The third-order valence-corrected chi connectivity index (χ3v) is 3.70. The molecule has 1 heterocycles. The van der Waals surface area contributed by atoms with Gasteiger partial charge in [-0.15, -0.1) is 0 Å². The number of benzene rings is 2. The van der Waals surface area contributed by atoms with Crippen molar-refractivity contribution in [2.75, 3.05) is 0 Å². The van der Waals surface area contributed by atoms with Crippen LogP contribution in [0.15, 0.2) is 60.7 Å². The van der Waals surface area contributed by atoms with Gasteiger partial charge >= 0.3 is 5.97 Å². The maximum Gasteiger partial charge on any atom is 0.331 e. The summed E-state index contributed by atoms with van der Waals surface area (Å²) >= 11 is 6.19. The van der Waals surface area contributed by atoms with E-state index >= 15 is 0 Å². The molecule has 100 valence electrons. The summed E-state index contributed by atoms with van der Waals surface area (Å²) in [6.07, 6.45) is 1.87. The Hall–Kier alpha value is -2.06. The summed E-state index contributed by atoms with van der Waals surface area (Å²) in [5.74, 6) is -0.319. The summed E-state index contributed by atoms with van der Waals surface area (Å²) in [6, 6.07) is 17.3. The average molecular weight is 285 g/mol. The summed E-state index contributed by atoms with van der Waals surface area (Å²) in [5.41, 5.74) is 2.87. The van der Waals surface area contributed by atoms with Crippen molar-refractivity contribution in [3.8, 4) is 0 Å². The molecule has 0 amide bonds. The lowest BCUT2D eigenvalue weighted by Gasteiger charge is -2.24. The molecule has 20 heavy (non-hydrogen) atoms. The van der Waals surface area contributed by atoms with Crippen molar-refractivity contribution in [1.82, 2.24) is 0 Å². The van der Waals surface area contributed by atoms with Crippen molar-refractivity contribution >= 4 is 23.1 Å². The molecule has 1 aliphatic rings. The molecule has 2 nitrogen and oxygen atoms in total. The number of hydrogen-bond acceptors (Lipinski definition) is 2. The first kappa shape index (κ1) is 12.9. The number of carbonyl (C=O) groups excluding carboxylic acids is 1. The Kier molecular flexibility index (Phi) is 3.57.